The summed E-state index contributed by atoms with van der Waals surface area (Å²) in [4.78, 5) is 9.07. The van der Waals surface area contributed by atoms with Gasteiger partial charge in [-0.1, -0.05) is 0 Å². The zero-order valence-electron chi connectivity index (χ0n) is 14.2. The van der Waals surface area contributed by atoms with Gasteiger partial charge >= 0.3 is 0 Å². The van der Waals surface area contributed by atoms with Crippen LogP contribution >= 0.6 is 0 Å². The van der Waals surface area contributed by atoms with Gasteiger partial charge < -0.3 is 20.3 Å². The standard InChI is InChI=1S/C19H21FN4O/c1-25-18-4-2-13(10-16(18)20)17-7-9-24-12-15(3-5-19(24)22-17)23-8-6-14(21)11-23/h2-5,7,10,12,14H,6,8-9,11,21H2,1H3/t14-/m0/s1. The van der Waals surface area contributed by atoms with Crippen molar-refractivity contribution in [2.45, 2.75) is 12.5 Å². The maximum atomic E-state index is 13.9. The third-order valence-electron chi connectivity index (χ3n) is 4.74. The number of halogens is 1. The van der Waals surface area contributed by atoms with Crippen LogP contribution in [-0.2, 0) is 0 Å². The van der Waals surface area contributed by atoms with Crippen molar-refractivity contribution >= 4 is 11.5 Å². The molecule has 0 aliphatic carbocycles. The molecule has 1 aromatic rings. The molecule has 2 N–H and O–H groups in total. The molecule has 0 aromatic heterocycles. The van der Waals surface area contributed by atoms with Crippen LogP contribution in [0.5, 0.6) is 5.75 Å². The van der Waals surface area contributed by atoms with Crippen LogP contribution in [0.25, 0.3) is 5.70 Å². The van der Waals surface area contributed by atoms with Gasteiger partial charge in [0, 0.05) is 37.4 Å². The Morgan fingerprint density at radius 2 is 2.20 bits per heavy atom. The molecule has 5 nitrogen and oxygen atoms in total. The van der Waals surface area contributed by atoms with Crippen LogP contribution in [0.2, 0.25) is 0 Å². The molecule has 6 heteroatoms. The van der Waals surface area contributed by atoms with Gasteiger partial charge in [0.05, 0.1) is 18.5 Å². The fourth-order valence-corrected chi connectivity index (χ4v) is 3.34. The number of methoxy groups -OCH3 is 1. The minimum absolute atomic E-state index is 0.239. The van der Waals surface area contributed by atoms with Gasteiger partial charge in [-0.25, -0.2) is 9.38 Å². The third kappa shape index (κ3) is 3.05. The maximum absolute atomic E-state index is 13.9. The molecule has 1 aromatic carbocycles. The van der Waals surface area contributed by atoms with Crippen LogP contribution in [0.3, 0.4) is 0 Å². The topological polar surface area (TPSA) is 54.1 Å². The van der Waals surface area contributed by atoms with E-state index in [-0.39, 0.29) is 17.6 Å². The van der Waals surface area contributed by atoms with E-state index in [1.807, 2.05) is 18.2 Å². The summed E-state index contributed by atoms with van der Waals surface area (Å²) in [6.07, 6.45) is 9.22. The highest BCUT2D eigenvalue weighted by molar-refractivity contribution is 6.00. The lowest BCUT2D eigenvalue weighted by atomic mass is 10.1. The second-order valence-corrected chi connectivity index (χ2v) is 6.44. The molecule has 25 heavy (non-hydrogen) atoms. The third-order valence-corrected chi connectivity index (χ3v) is 4.74. The van der Waals surface area contributed by atoms with Crippen LogP contribution in [-0.4, -0.2) is 48.4 Å². The van der Waals surface area contributed by atoms with Gasteiger partial charge in [0.1, 0.15) is 5.84 Å². The van der Waals surface area contributed by atoms with E-state index in [0.717, 1.165) is 36.6 Å². The summed E-state index contributed by atoms with van der Waals surface area (Å²) in [7, 11) is 1.46. The molecule has 0 saturated carbocycles. The first-order valence-corrected chi connectivity index (χ1v) is 8.44. The number of aliphatic imine (C=N–C) groups is 1. The lowest BCUT2D eigenvalue weighted by Gasteiger charge is -2.30. The Hall–Kier alpha value is -2.60. The predicted octanol–water partition coefficient (Wildman–Crippen LogP) is 2.33. The molecule has 1 saturated heterocycles. The van der Waals surface area contributed by atoms with Crippen molar-refractivity contribution in [1.82, 2.24) is 9.80 Å². The molecule has 0 radical (unpaired) electrons. The Morgan fingerprint density at radius 3 is 2.92 bits per heavy atom. The average Bonchev–Trinajstić information content (AvgIpc) is 3.07. The van der Waals surface area contributed by atoms with E-state index in [1.54, 1.807) is 6.07 Å². The largest absolute Gasteiger partial charge is 0.494 e. The van der Waals surface area contributed by atoms with Gasteiger partial charge in [-0.05, 0) is 42.8 Å². The van der Waals surface area contributed by atoms with E-state index in [0.29, 0.717) is 6.54 Å². The highest BCUT2D eigenvalue weighted by atomic mass is 19.1. The Kier molecular flexibility index (Phi) is 4.05. The van der Waals surface area contributed by atoms with Crippen LogP contribution in [0.1, 0.15) is 12.0 Å². The first-order chi connectivity index (χ1) is 12.1. The number of hydrogen-bond acceptors (Lipinski definition) is 5. The number of benzene rings is 1. The van der Waals surface area contributed by atoms with Crippen LogP contribution in [0, 0.1) is 5.82 Å². The summed E-state index contributed by atoms with van der Waals surface area (Å²) in [5.74, 6) is 0.722. The predicted molar refractivity (Wildman–Crippen MR) is 96.5 cm³/mol. The number of amidine groups is 1. The van der Waals surface area contributed by atoms with Crippen molar-refractivity contribution in [3.63, 3.8) is 0 Å². The van der Waals surface area contributed by atoms with E-state index in [1.165, 1.54) is 18.9 Å². The minimum atomic E-state index is -0.379. The summed E-state index contributed by atoms with van der Waals surface area (Å²) in [6, 6.07) is 5.17. The van der Waals surface area contributed by atoms with E-state index in [4.69, 9.17) is 10.5 Å². The molecule has 130 valence electrons. The molecule has 1 fully saturated rings. The quantitative estimate of drug-likeness (QED) is 0.918. The minimum Gasteiger partial charge on any atom is -0.494 e. The Balaban J connectivity index is 1.54. The summed E-state index contributed by atoms with van der Waals surface area (Å²) >= 11 is 0. The number of nitrogens with two attached hydrogens (primary N) is 1. The van der Waals surface area contributed by atoms with Gasteiger partial charge in [0.15, 0.2) is 11.6 Å². The monoisotopic (exact) mass is 340 g/mol. The summed E-state index contributed by atoms with van der Waals surface area (Å²) in [6.45, 7) is 2.59. The number of likely N-dealkylation sites (tertiary alicyclic amines) is 1. The van der Waals surface area contributed by atoms with Crippen molar-refractivity contribution in [3.05, 3.63) is 59.7 Å². The second kappa shape index (κ2) is 6.37. The maximum Gasteiger partial charge on any atom is 0.165 e. The fraction of sp³-hybridized carbons (Fsp3) is 0.316. The lowest BCUT2D eigenvalue weighted by molar-refractivity contribution is 0.386. The van der Waals surface area contributed by atoms with Gasteiger partial charge in [-0.2, -0.15) is 0 Å². The second-order valence-electron chi connectivity index (χ2n) is 6.44. The molecule has 0 amide bonds. The first-order valence-electron chi connectivity index (χ1n) is 8.44. The van der Waals surface area contributed by atoms with Gasteiger partial charge in [-0.3, -0.25) is 0 Å². The van der Waals surface area contributed by atoms with Crippen molar-refractivity contribution in [1.29, 1.82) is 0 Å². The Morgan fingerprint density at radius 1 is 1.32 bits per heavy atom. The first kappa shape index (κ1) is 15.9. The van der Waals surface area contributed by atoms with Crippen LogP contribution in [0.15, 0.2) is 53.3 Å². The number of hydrogen-bond donors (Lipinski definition) is 1. The SMILES string of the molecule is COc1ccc(C2=CCN3C=C(N4CC[C@H](N)C4)C=CC3=N2)cc1F. The number of nitrogens with zero attached hydrogens (tertiary/aromatic N) is 3. The number of ether oxygens (including phenoxy) is 1. The normalized spacial score (nSPS) is 22.4. The lowest BCUT2D eigenvalue weighted by Crippen LogP contribution is -2.33. The molecule has 4 rings (SSSR count). The van der Waals surface area contributed by atoms with E-state index >= 15 is 0 Å². The average molecular weight is 340 g/mol. The molecule has 3 aliphatic rings. The van der Waals surface area contributed by atoms with Gasteiger partial charge in [0.2, 0.25) is 0 Å². The van der Waals surface area contributed by atoms with Crippen molar-refractivity contribution in [2.75, 3.05) is 26.7 Å². The molecule has 3 heterocycles. The van der Waals surface area contributed by atoms with E-state index in [9.17, 15) is 4.39 Å². The zero-order chi connectivity index (χ0) is 17.4. The van der Waals surface area contributed by atoms with E-state index < -0.39 is 0 Å². The van der Waals surface area contributed by atoms with Crippen LogP contribution < -0.4 is 10.5 Å². The highest BCUT2D eigenvalue weighted by Gasteiger charge is 2.24. The number of rotatable bonds is 3. The van der Waals surface area contributed by atoms with Crippen molar-refractivity contribution in [3.8, 4) is 5.75 Å². The molecular weight excluding hydrogens is 319 g/mol. The molecule has 3 aliphatic heterocycles. The Bertz CT molecular complexity index is 812. The summed E-state index contributed by atoms with van der Waals surface area (Å²) < 4.78 is 18.9. The molecular formula is C19H21FN4O. The van der Waals surface area contributed by atoms with Gasteiger partial charge in [-0.15, -0.1) is 0 Å². The molecule has 0 spiro atoms. The molecule has 0 unspecified atom stereocenters. The van der Waals surface area contributed by atoms with Crippen LogP contribution in [0.4, 0.5) is 4.39 Å². The number of fused-ring (bicyclic) bond motifs is 1. The number of allylic oxidation sites excluding steroid dienone is 1. The fourth-order valence-electron chi connectivity index (χ4n) is 3.34. The smallest absolute Gasteiger partial charge is 0.165 e. The van der Waals surface area contributed by atoms with Crippen molar-refractivity contribution in [2.24, 2.45) is 10.7 Å². The van der Waals surface area contributed by atoms with Crippen molar-refractivity contribution < 1.29 is 9.13 Å². The highest BCUT2D eigenvalue weighted by Crippen LogP contribution is 2.27. The summed E-state index contributed by atoms with van der Waals surface area (Å²) in [5, 5.41) is 0. The van der Waals surface area contributed by atoms with Gasteiger partial charge in [0.25, 0.3) is 0 Å². The van der Waals surface area contributed by atoms with E-state index in [2.05, 4.69) is 27.1 Å². The zero-order valence-corrected chi connectivity index (χ0v) is 14.2. The molecule has 0 bridgehead atoms. The molecule has 1 atom stereocenters. The Labute approximate surface area is 146 Å². The summed E-state index contributed by atoms with van der Waals surface area (Å²) in [5.41, 5.74) is 8.69.